The molecule has 0 aliphatic heterocycles. The summed E-state index contributed by atoms with van der Waals surface area (Å²) in [7, 11) is 1.77. The molecule has 1 aromatic heterocycles. The summed E-state index contributed by atoms with van der Waals surface area (Å²) in [6, 6.07) is 12.5. The summed E-state index contributed by atoms with van der Waals surface area (Å²) < 4.78 is 1.73. The number of hydrogen-bond acceptors (Lipinski definition) is 2. The van der Waals surface area contributed by atoms with Gasteiger partial charge in [0.1, 0.15) is 0 Å². The normalized spacial score (nSPS) is 10.1. The third-order valence-corrected chi connectivity index (χ3v) is 3.17. The van der Waals surface area contributed by atoms with E-state index in [2.05, 4.69) is 6.07 Å². The summed E-state index contributed by atoms with van der Waals surface area (Å²) in [5, 5.41) is 9.12. The Bertz CT molecular complexity index is 637. The highest BCUT2D eigenvalue weighted by molar-refractivity contribution is 6.34. The average Bonchev–Trinajstić information content (AvgIpc) is 2.72. The highest BCUT2D eigenvalue weighted by Gasteiger charge is 2.16. The number of carbonyl (C=O) groups excluding carboxylic acids is 1. The molecule has 4 heteroatoms. The number of aromatic nitrogens is 1. The molecule has 3 nitrogen and oxygen atoms in total. The van der Waals surface area contributed by atoms with Crippen molar-refractivity contribution >= 4 is 17.4 Å². The molecule has 2 aromatic rings. The first-order valence-electron chi connectivity index (χ1n) is 5.46. The number of hydrogen-bond donors (Lipinski definition) is 0. The summed E-state index contributed by atoms with van der Waals surface area (Å²) in [6.45, 7) is 0. The number of rotatable bonds is 3. The van der Waals surface area contributed by atoms with Crippen LogP contribution in [0, 0.1) is 11.3 Å². The minimum atomic E-state index is -0.132. The van der Waals surface area contributed by atoms with Crippen LogP contribution < -0.4 is 0 Å². The Morgan fingerprint density at radius 1 is 1.33 bits per heavy atom. The lowest BCUT2D eigenvalue weighted by Crippen LogP contribution is -2.09. The Kier molecular flexibility index (Phi) is 3.50. The molecule has 0 atom stereocenters. The van der Waals surface area contributed by atoms with Crippen LogP contribution >= 0.6 is 11.6 Å². The van der Waals surface area contributed by atoms with Crippen LogP contribution in [0.2, 0.25) is 5.02 Å². The van der Waals surface area contributed by atoms with Crippen LogP contribution in [0.4, 0.5) is 0 Å². The van der Waals surface area contributed by atoms with E-state index >= 15 is 0 Å². The fourth-order valence-electron chi connectivity index (χ4n) is 1.82. The lowest BCUT2D eigenvalue weighted by Gasteiger charge is -2.06. The summed E-state index contributed by atoms with van der Waals surface area (Å²) >= 11 is 6.01. The highest BCUT2D eigenvalue weighted by Crippen LogP contribution is 2.20. The molecule has 1 heterocycles. The van der Waals surface area contributed by atoms with Crippen LogP contribution in [0.25, 0.3) is 0 Å². The molecule has 0 amide bonds. The number of nitriles is 1. The molecule has 1 aromatic carbocycles. The number of nitrogens with zero attached hydrogens (tertiary/aromatic N) is 2. The molecular formula is C14H11ClN2O. The van der Waals surface area contributed by atoms with Crippen LogP contribution in [-0.4, -0.2) is 10.4 Å². The second kappa shape index (κ2) is 5.07. The van der Waals surface area contributed by atoms with Crippen LogP contribution in [0.5, 0.6) is 0 Å². The maximum atomic E-state index is 12.3. The fourth-order valence-corrected chi connectivity index (χ4v) is 2.04. The van der Waals surface area contributed by atoms with Gasteiger partial charge in [0, 0.05) is 18.3 Å². The Balaban J connectivity index is 2.42. The maximum absolute atomic E-state index is 12.3. The topological polar surface area (TPSA) is 45.8 Å². The maximum Gasteiger partial charge on any atom is 0.210 e. The number of ketones is 1. The zero-order chi connectivity index (χ0) is 13.1. The van der Waals surface area contributed by atoms with Gasteiger partial charge in [0.2, 0.25) is 5.78 Å². The van der Waals surface area contributed by atoms with E-state index in [0.29, 0.717) is 16.3 Å². The Labute approximate surface area is 110 Å². The molecule has 90 valence electrons. The molecular weight excluding hydrogens is 248 g/mol. The van der Waals surface area contributed by atoms with Gasteiger partial charge in [-0.05, 0) is 24.3 Å². The average molecular weight is 259 g/mol. The molecule has 2 rings (SSSR count). The summed E-state index contributed by atoms with van der Waals surface area (Å²) in [5.41, 5.74) is 1.82. The third-order valence-electron chi connectivity index (χ3n) is 2.84. The van der Waals surface area contributed by atoms with Crippen LogP contribution in [-0.2, 0) is 13.5 Å². The molecule has 0 bridgehead atoms. The van der Waals surface area contributed by atoms with Crippen molar-refractivity contribution in [3.8, 4) is 6.07 Å². The zero-order valence-corrected chi connectivity index (χ0v) is 10.6. The van der Waals surface area contributed by atoms with Crippen LogP contribution in [0.3, 0.4) is 0 Å². The first-order valence-corrected chi connectivity index (χ1v) is 5.83. The first-order chi connectivity index (χ1) is 8.65. The molecule has 0 spiro atoms. The van der Waals surface area contributed by atoms with E-state index in [4.69, 9.17) is 16.9 Å². The van der Waals surface area contributed by atoms with Crippen molar-refractivity contribution in [3.05, 3.63) is 58.4 Å². The largest absolute Gasteiger partial charge is 0.344 e. The molecule has 0 radical (unpaired) electrons. The zero-order valence-electron chi connectivity index (χ0n) is 9.85. The van der Waals surface area contributed by atoms with Gasteiger partial charge in [-0.25, -0.2) is 0 Å². The molecule has 0 N–H and O–H groups in total. The predicted molar refractivity (Wildman–Crippen MR) is 69.6 cm³/mol. The monoisotopic (exact) mass is 258 g/mol. The second-order valence-corrected chi connectivity index (χ2v) is 4.32. The van der Waals surface area contributed by atoms with Crippen molar-refractivity contribution in [3.63, 3.8) is 0 Å². The van der Waals surface area contributed by atoms with E-state index < -0.39 is 0 Å². The fraction of sp³-hybridized carbons (Fsp3) is 0.143. The lowest BCUT2D eigenvalue weighted by atomic mass is 10.1. The van der Waals surface area contributed by atoms with Crippen LogP contribution in [0.15, 0.2) is 36.4 Å². The van der Waals surface area contributed by atoms with E-state index in [1.165, 1.54) is 0 Å². The van der Waals surface area contributed by atoms with Crippen molar-refractivity contribution in [2.75, 3.05) is 0 Å². The van der Waals surface area contributed by atoms with Crippen molar-refractivity contribution in [2.24, 2.45) is 7.05 Å². The van der Waals surface area contributed by atoms with E-state index in [0.717, 1.165) is 5.69 Å². The van der Waals surface area contributed by atoms with Gasteiger partial charge in [-0.15, -0.1) is 0 Å². The molecule has 0 saturated heterocycles. The van der Waals surface area contributed by atoms with Gasteiger partial charge in [-0.1, -0.05) is 23.7 Å². The van der Waals surface area contributed by atoms with Gasteiger partial charge in [-0.2, -0.15) is 5.26 Å². The second-order valence-electron chi connectivity index (χ2n) is 3.91. The van der Waals surface area contributed by atoms with Crippen molar-refractivity contribution in [2.45, 2.75) is 6.42 Å². The Morgan fingerprint density at radius 2 is 2.06 bits per heavy atom. The highest BCUT2D eigenvalue weighted by atomic mass is 35.5. The van der Waals surface area contributed by atoms with Crippen LogP contribution in [0.1, 0.15) is 21.7 Å². The third kappa shape index (κ3) is 2.15. The lowest BCUT2D eigenvalue weighted by molar-refractivity contribution is 0.103. The van der Waals surface area contributed by atoms with Crippen molar-refractivity contribution < 1.29 is 4.79 Å². The summed E-state index contributed by atoms with van der Waals surface area (Å²) in [4.78, 5) is 12.3. The minimum absolute atomic E-state index is 0.132. The predicted octanol–water partition coefficient (Wildman–Crippen LogP) is 2.98. The molecule has 0 fully saturated rings. The quantitative estimate of drug-likeness (QED) is 0.795. The first kappa shape index (κ1) is 12.4. The van der Waals surface area contributed by atoms with Crippen molar-refractivity contribution in [1.82, 2.24) is 4.57 Å². The summed E-state index contributed by atoms with van der Waals surface area (Å²) in [6.07, 6.45) is 0.284. The molecule has 0 aliphatic rings. The molecule has 18 heavy (non-hydrogen) atoms. The number of carbonyl (C=O) groups is 1. The van der Waals surface area contributed by atoms with E-state index in [1.807, 2.05) is 0 Å². The Hall–Kier alpha value is -2.05. The number of halogens is 1. The molecule has 0 saturated carbocycles. The van der Waals surface area contributed by atoms with Crippen molar-refractivity contribution in [1.29, 1.82) is 5.26 Å². The van der Waals surface area contributed by atoms with Gasteiger partial charge in [0.05, 0.1) is 23.2 Å². The smallest absolute Gasteiger partial charge is 0.210 e. The van der Waals surface area contributed by atoms with Gasteiger partial charge < -0.3 is 4.57 Å². The van der Waals surface area contributed by atoms with Gasteiger partial charge in [-0.3, -0.25) is 4.79 Å². The van der Waals surface area contributed by atoms with E-state index in [-0.39, 0.29) is 12.2 Å². The van der Waals surface area contributed by atoms with E-state index in [1.54, 1.807) is 48.0 Å². The minimum Gasteiger partial charge on any atom is -0.344 e. The van der Waals surface area contributed by atoms with Gasteiger partial charge in [0.15, 0.2) is 0 Å². The van der Waals surface area contributed by atoms with Gasteiger partial charge in [0.25, 0.3) is 0 Å². The molecule has 0 unspecified atom stereocenters. The summed E-state index contributed by atoms with van der Waals surface area (Å²) in [5.74, 6) is -0.132. The molecule has 0 aliphatic carbocycles. The Morgan fingerprint density at radius 3 is 2.72 bits per heavy atom. The number of benzene rings is 1. The van der Waals surface area contributed by atoms with E-state index in [9.17, 15) is 4.79 Å². The standard InChI is InChI=1S/C14H11ClN2O/c1-17-10(8-9-16)6-7-13(17)14(18)11-4-2-3-5-12(11)15/h2-7H,8H2,1H3. The SMILES string of the molecule is Cn1c(CC#N)ccc1C(=O)c1ccccc1Cl. The van der Waals surface area contributed by atoms with Gasteiger partial charge >= 0.3 is 0 Å².